The van der Waals surface area contributed by atoms with E-state index in [1.54, 1.807) is 18.3 Å². The molecule has 0 saturated carbocycles. The number of carbonyl (C=O) groups excluding carboxylic acids is 1. The van der Waals surface area contributed by atoms with Crippen LogP contribution >= 0.6 is 11.3 Å². The minimum atomic E-state index is -0.630. The van der Waals surface area contributed by atoms with Gasteiger partial charge in [0.05, 0.1) is 18.4 Å². The number of H-pyrrole nitrogens is 1. The molecule has 0 radical (unpaired) electrons. The van der Waals surface area contributed by atoms with Crippen LogP contribution in [-0.2, 0) is 22.4 Å². The molecule has 1 aliphatic carbocycles. The topological polar surface area (TPSA) is 81.3 Å². The molecule has 1 aliphatic rings. The Balaban J connectivity index is 1.42. The molecule has 6 nitrogen and oxygen atoms in total. The molecular weight excluding hydrogens is 388 g/mol. The molecule has 2 heterocycles. The van der Waals surface area contributed by atoms with Crippen molar-refractivity contribution in [3.05, 3.63) is 57.0 Å². The van der Waals surface area contributed by atoms with Crippen LogP contribution in [0.5, 0.6) is 5.75 Å². The van der Waals surface area contributed by atoms with Crippen LogP contribution in [0.1, 0.15) is 49.1 Å². The second-order valence-electron chi connectivity index (χ2n) is 7.53. The fraction of sp³-hybridized carbons (Fsp3) is 0.409. The first kappa shape index (κ1) is 19.6. The van der Waals surface area contributed by atoms with Crippen molar-refractivity contribution in [2.45, 2.75) is 45.6 Å². The van der Waals surface area contributed by atoms with Crippen molar-refractivity contribution in [3.8, 4) is 5.75 Å². The predicted octanol–water partition coefficient (Wildman–Crippen LogP) is 4.18. The number of nitrogens with zero attached hydrogens (tertiary/aromatic N) is 1. The third kappa shape index (κ3) is 4.34. The fourth-order valence-electron chi connectivity index (χ4n) is 3.64. The normalized spacial score (nSPS) is 17.0. The first-order valence-electron chi connectivity index (χ1n) is 9.93. The van der Waals surface area contributed by atoms with Crippen molar-refractivity contribution in [3.63, 3.8) is 0 Å². The zero-order chi connectivity index (χ0) is 20.4. The van der Waals surface area contributed by atoms with Gasteiger partial charge in [0.2, 0.25) is 0 Å². The number of hydrogen-bond donors (Lipinski definition) is 1. The van der Waals surface area contributed by atoms with Crippen LogP contribution < -0.4 is 10.3 Å². The average molecular weight is 413 g/mol. The fourth-order valence-corrected chi connectivity index (χ4v) is 5.03. The van der Waals surface area contributed by atoms with E-state index in [1.807, 2.05) is 30.3 Å². The summed E-state index contributed by atoms with van der Waals surface area (Å²) in [4.78, 5) is 34.2. The molecule has 29 heavy (non-hydrogen) atoms. The van der Waals surface area contributed by atoms with Gasteiger partial charge in [-0.3, -0.25) is 9.59 Å². The van der Waals surface area contributed by atoms with E-state index in [0.717, 1.165) is 29.7 Å². The summed E-state index contributed by atoms with van der Waals surface area (Å²) in [6.07, 6.45) is 2.51. The summed E-state index contributed by atoms with van der Waals surface area (Å²) in [5, 5.41) is 0.704. The van der Waals surface area contributed by atoms with E-state index >= 15 is 0 Å². The zero-order valence-electron chi connectivity index (χ0n) is 16.6. The number of carbonyl (C=O) groups is 1. The number of fused-ring (bicyclic) bond motifs is 3. The molecule has 0 amide bonds. The second kappa shape index (κ2) is 8.37. The van der Waals surface area contributed by atoms with Gasteiger partial charge in [0.25, 0.3) is 5.56 Å². The molecule has 1 N–H and O–H groups in total. The smallest absolute Gasteiger partial charge is 0.309 e. The lowest BCUT2D eigenvalue weighted by molar-refractivity contribution is -0.149. The van der Waals surface area contributed by atoms with E-state index in [2.05, 4.69) is 16.9 Å². The number of thiophene rings is 1. The van der Waals surface area contributed by atoms with Gasteiger partial charge in [0, 0.05) is 4.88 Å². The minimum Gasteiger partial charge on any atom is -0.493 e. The molecule has 7 heteroatoms. The highest BCUT2D eigenvalue weighted by atomic mass is 32.1. The van der Waals surface area contributed by atoms with Gasteiger partial charge in [-0.25, -0.2) is 4.98 Å². The van der Waals surface area contributed by atoms with Crippen molar-refractivity contribution in [2.75, 3.05) is 6.61 Å². The molecule has 0 bridgehead atoms. The maximum Gasteiger partial charge on any atom is 0.309 e. The van der Waals surface area contributed by atoms with E-state index in [4.69, 9.17) is 9.47 Å². The summed E-state index contributed by atoms with van der Waals surface area (Å²) in [6, 6.07) is 9.31. The van der Waals surface area contributed by atoms with E-state index < -0.39 is 12.1 Å². The largest absolute Gasteiger partial charge is 0.493 e. The highest BCUT2D eigenvalue weighted by Gasteiger charge is 2.24. The Labute approximate surface area is 172 Å². The number of para-hydroxylation sites is 1. The van der Waals surface area contributed by atoms with Gasteiger partial charge in [0.1, 0.15) is 10.6 Å². The van der Waals surface area contributed by atoms with Crippen LogP contribution in [0, 0.1) is 5.92 Å². The molecule has 152 valence electrons. The minimum absolute atomic E-state index is 0.122. The molecule has 0 aliphatic heterocycles. The molecule has 0 saturated heterocycles. The molecular formula is C22H24N2O4S. The summed E-state index contributed by atoms with van der Waals surface area (Å²) in [7, 11) is 0. The number of benzene rings is 1. The maximum absolute atomic E-state index is 12.7. The number of rotatable bonds is 6. The summed E-state index contributed by atoms with van der Waals surface area (Å²) in [5.41, 5.74) is 0.999. The van der Waals surface area contributed by atoms with E-state index in [0.29, 0.717) is 22.9 Å². The molecule has 2 aromatic heterocycles. The number of hydrogen-bond acceptors (Lipinski definition) is 6. The SMILES string of the molecule is C[C@@H]1CCc2c(sc3nc([C@@H](C)OC(=O)CCOc4ccccc4)[nH]c(=O)c23)C1. The maximum atomic E-state index is 12.7. The van der Waals surface area contributed by atoms with E-state index in [-0.39, 0.29) is 18.6 Å². The number of ether oxygens (including phenoxy) is 2. The summed E-state index contributed by atoms with van der Waals surface area (Å²) >= 11 is 1.59. The van der Waals surface area contributed by atoms with Crippen LogP contribution in [0.3, 0.4) is 0 Å². The average Bonchev–Trinajstić information content (AvgIpc) is 3.06. The molecule has 0 spiro atoms. The van der Waals surface area contributed by atoms with Crippen LogP contribution in [0.2, 0.25) is 0 Å². The number of nitrogens with one attached hydrogen (secondary N) is 1. The third-order valence-electron chi connectivity index (χ3n) is 5.20. The Kier molecular flexibility index (Phi) is 5.67. The molecule has 1 aromatic carbocycles. The standard InChI is InChI=1S/C22H24N2O4S/c1-13-8-9-16-17(12-13)29-22-19(16)21(26)23-20(24-22)14(2)28-18(25)10-11-27-15-6-4-3-5-7-15/h3-7,13-14H,8-12H2,1-2H3,(H,23,24,26)/t13-,14-/m1/s1. The lowest BCUT2D eigenvalue weighted by Gasteiger charge is -2.17. The summed E-state index contributed by atoms with van der Waals surface area (Å²) in [5.74, 6) is 1.33. The Morgan fingerprint density at radius 3 is 2.93 bits per heavy atom. The molecule has 3 aromatic rings. The van der Waals surface area contributed by atoms with Gasteiger partial charge in [-0.2, -0.15) is 0 Å². The number of esters is 1. The predicted molar refractivity (Wildman–Crippen MR) is 112 cm³/mol. The van der Waals surface area contributed by atoms with Crippen molar-refractivity contribution in [1.82, 2.24) is 9.97 Å². The van der Waals surface area contributed by atoms with E-state index in [1.165, 1.54) is 4.88 Å². The van der Waals surface area contributed by atoms with Crippen LogP contribution in [-0.4, -0.2) is 22.5 Å². The molecule has 4 rings (SSSR count). The van der Waals surface area contributed by atoms with Gasteiger partial charge in [0.15, 0.2) is 11.9 Å². The Bertz CT molecular complexity index is 1070. The third-order valence-corrected chi connectivity index (χ3v) is 6.34. The molecule has 2 atom stereocenters. The van der Waals surface area contributed by atoms with Gasteiger partial charge in [-0.1, -0.05) is 25.1 Å². The van der Waals surface area contributed by atoms with Gasteiger partial charge in [-0.05, 0) is 49.8 Å². The first-order valence-corrected chi connectivity index (χ1v) is 10.7. The highest BCUT2D eigenvalue weighted by molar-refractivity contribution is 7.18. The Morgan fingerprint density at radius 2 is 2.14 bits per heavy atom. The lowest BCUT2D eigenvalue weighted by atomic mass is 9.89. The number of aromatic nitrogens is 2. The van der Waals surface area contributed by atoms with Crippen LogP contribution in [0.4, 0.5) is 0 Å². The zero-order valence-corrected chi connectivity index (χ0v) is 17.4. The van der Waals surface area contributed by atoms with Crippen molar-refractivity contribution in [1.29, 1.82) is 0 Å². The van der Waals surface area contributed by atoms with Gasteiger partial charge >= 0.3 is 5.97 Å². The summed E-state index contributed by atoms with van der Waals surface area (Å²) < 4.78 is 11.0. The van der Waals surface area contributed by atoms with Crippen LogP contribution in [0.25, 0.3) is 10.2 Å². The Hall–Kier alpha value is -2.67. The van der Waals surface area contributed by atoms with Crippen molar-refractivity contribution >= 4 is 27.5 Å². The van der Waals surface area contributed by atoms with Crippen molar-refractivity contribution in [2.24, 2.45) is 5.92 Å². The monoisotopic (exact) mass is 412 g/mol. The number of aromatic amines is 1. The summed E-state index contributed by atoms with van der Waals surface area (Å²) in [6.45, 7) is 4.18. The van der Waals surface area contributed by atoms with Gasteiger partial charge in [-0.15, -0.1) is 11.3 Å². The quantitative estimate of drug-likeness (QED) is 0.614. The molecule has 0 unspecified atom stereocenters. The highest BCUT2D eigenvalue weighted by Crippen LogP contribution is 2.35. The van der Waals surface area contributed by atoms with E-state index in [9.17, 15) is 9.59 Å². The van der Waals surface area contributed by atoms with Crippen molar-refractivity contribution < 1.29 is 14.3 Å². The first-order chi connectivity index (χ1) is 14.0. The number of aryl methyl sites for hydroxylation is 1. The second-order valence-corrected chi connectivity index (χ2v) is 8.61. The lowest BCUT2D eigenvalue weighted by Crippen LogP contribution is -2.19. The van der Waals surface area contributed by atoms with Gasteiger partial charge < -0.3 is 14.5 Å². The van der Waals surface area contributed by atoms with Crippen LogP contribution in [0.15, 0.2) is 35.1 Å². The Morgan fingerprint density at radius 1 is 1.34 bits per heavy atom. The molecule has 0 fully saturated rings.